The minimum Gasteiger partial charge on any atom is -0.461 e. The van der Waals surface area contributed by atoms with Crippen LogP contribution in [-0.2, 0) is 14.3 Å². The van der Waals surface area contributed by atoms with Gasteiger partial charge >= 0.3 is 5.97 Å². The number of hydrogen-bond acceptors (Lipinski definition) is 5. The summed E-state index contributed by atoms with van der Waals surface area (Å²) in [7, 11) is 1.79. The molecule has 6 nitrogen and oxygen atoms in total. The van der Waals surface area contributed by atoms with E-state index in [0.717, 1.165) is 5.69 Å². The molecule has 1 amide bonds. The van der Waals surface area contributed by atoms with E-state index in [1.54, 1.807) is 23.9 Å². The normalized spacial score (nSPS) is 17.0. The number of hydrogen-bond donors (Lipinski definition) is 0. The Morgan fingerprint density at radius 1 is 1.33 bits per heavy atom. The van der Waals surface area contributed by atoms with Gasteiger partial charge < -0.3 is 9.64 Å². The van der Waals surface area contributed by atoms with Gasteiger partial charge in [0, 0.05) is 20.0 Å². The Kier molecular flexibility index (Phi) is 5.95. The average Bonchev–Trinajstić information content (AvgIpc) is 3.00. The summed E-state index contributed by atoms with van der Waals surface area (Å²) < 4.78 is 5.04. The van der Waals surface area contributed by atoms with E-state index < -0.39 is 12.0 Å². The SMILES string of the molecule is CCOC(=O)C1=NN(c2ccccc2)C(C(=O)N(C)CC(C)C)C1. The lowest BCUT2D eigenvalue weighted by Gasteiger charge is -2.28. The number of carbonyl (C=O) groups is 2. The van der Waals surface area contributed by atoms with Crippen molar-refractivity contribution in [2.24, 2.45) is 11.0 Å². The predicted octanol–water partition coefficient (Wildman–Crippen LogP) is 2.30. The van der Waals surface area contributed by atoms with Crippen LogP contribution in [-0.4, -0.2) is 48.7 Å². The summed E-state index contributed by atoms with van der Waals surface area (Å²) in [5, 5.41) is 6.00. The van der Waals surface area contributed by atoms with Crippen molar-refractivity contribution in [3.8, 4) is 0 Å². The molecule has 1 aliphatic heterocycles. The van der Waals surface area contributed by atoms with Gasteiger partial charge in [-0.3, -0.25) is 9.80 Å². The second kappa shape index (κ2) is 7.95. The van der Waals surface area contributed by atoms with E-state index in [1.807, 2.05) is 30.3 Å². The largest absolute Gasteiger partial charge is 0.461 e. The lowest BCUT2D eigenvalue weighted by Crippen LogP contribution is -2.44. The molecule has 0 radical (unpaired) electrons. The molecule has 0 saturated carbocycles. The molecule has 0 bridgehead atoms. The number of benzene rings is 1. The molecule has 1 aromatic carbocycles. The van der Waals surface area contributed by atoms with Gasteiger partial charge in [0.2, 0.25) is 5.91 Å². The molecule has 0 aromatic heterocycles. The maximum Gasteiger partial charge on any atom is 0.354 e. The third-order valence-electron chi connectivity index (χ3n) is 3.74. The Bertz CT molecular complexity index is 613. The molecule has 0 fully saturated rings. The molecule has 1 heterocycles. The van der Waals surface area contributed by atoms with Gasteiger partial charge in [-0.1, -0.05) is 32.0 Å². The minimum atomic E-state index is -0.518. The van der Waals surface area contributed by atoms with E-state index >= 15 is 0 Å². The molecule has 1 atom stereocenters. The monoisotopic (exact) mass is 331 g/mol. The Balaban J connectivity index is 2.26. The quantitative estimate of drug-likeness (QED) is 0.751. The molecule has 6 heteroatoms. The van der Waals surface area contributed by atoms with Crippen LogP contribution < -0.4 is 5.01 Å². The summed E-state index contributed by atoms with van der Waals surface area (Å²) in [6.45, 7) is 6.82. The number of anilines is 1. The van der Waals surface area contributed by atoms with Crippen LogP contribution in [0, 0.1) is 5.92 Å². The summed E-state index contributed by atoms with van der Waals surface area (Å²) in [5.41, 5.74) is 1.07. The first-order valence-electron chi connectivity index (χ1n) is 8.27. The molecule has 24 heavy (non-hydrogen) atoms. The Morgan fingerprint density at radius 3 is 2.58 bits per heavy atom. The van der Waals surface area contributed by atoms with E-state index in [9.17, 15) is 9.59 Å². The fourth-order valence-corrected chi connectivity index (χ4v) is 2.75. The number of nitrogens with zero attached hydrogens (tertiary/aromatic N) is 3. The standard InChI is InChI=1S/C18H25N3O3/c1-5-24-18(23)15-11-16(17(22)20(4)12-13(2)3)21(19-15)14-9-7-6-8-10-14/h6-10,13,16H,5,11-12H2,1-4H3. The summed E-state index contributed by atoms with van der Waals surface area (Å²) in [6, 6.07) is 8.90. The minimum absolute atomic E-state index is 0.0457. The Labute approximate surface area is 143 Å². The van der Waals surface area contributed by atoms with Crippen molar-refractivity contribution in [2.75, 3.05) is 25.2 Å². The summed E-state index contributed by atoms with van der Waals surface area (Å²) in [5.74, 6) is -0.133. The maximum atomic E-state index is 12.8. The summed E-state index contributed by atoms with van der Waals surface area (Å²) in [6.07, 6.45) is 0.259. The van der Waals surface area contributed by atoms with E-state index in [4.69, 9.17) is 4.74 Å². The zero-order chi connectivity index (χ0) is 17.7. The fraction of sp³-hybridized carbons (Fsp3) is 0.500. The van der Waals surface area contributed by atoms with Crippen molar-refractivity contribution in [2.45, 2.75) is 33.2 Å². The van der Waals surface area contributed by atoms with Gasteiger partial charge in [0.1, 0.15) is 11.8 Å². The number of ether oxygens (including phenoxy) is 1. The number of likely N-dealkylation sites (N-methyl/N-ethyl adjacent to an activating group) is 1. The first kappa shape index (κ1) is 18.0. The van der Waals surface area contributed by atoms with Crippen molar-refractivity contribution in [1.29, 1.82) is 0 Å². The fourth-order valence-electron chi connectivity index (χ4n) is 2.75. The highest BCUT2D eigenvalue weighted by atomic mass is 16.5. The number of amides is 1. The number of rotatable bonds is 6. The van der Waals surface area contributed by atoms with Crippen LogP contribution in [0.4, 0.5) is 5.69 Å². The Morgan fingerprint density at radius 2 is 2.00 bits per heavy atom. The van der Waals surface area contributed by atoms with Crippen molar-refractivity contribution >= 4 is 23.3 Å². The first-order valence-corrected chi connectivity index (χ1v) is 8.27. The van der Waals surface area contributed by atoms with Crippen LogP contribution in [0.1, 0.15) is 27.2 Å². The van der Waals surface area contributed by atoms with Gasteiger partial charge in [0.05, 0.1) is 12.3 Å². The highest BCUT2D eigenvalue weighted by Gasteiger charge is 2.38. The molecular weight excluding hydrogens is 306 g/mol. The zero-order valence-electron chi connectivity index (χ0n) is 14.7. The van der Waals surface area contributed by atoms with Crippen LogP contribution in [0.3, 0.4) is 0 Å². The number of esters is 1. The third kappa shape index (κ3) is 4.13. The maximum absolute atomic E-state index is 12.8. The van der Waals surface area contributed by atoms with Gasteiger partial charge in [-0.25, -0.2) is 4.79 Å². The van der Waals surface area contributed by atoms with Gasteiger partial charge in [-0.05, 0) is 25.0 Å². The Hall–Kier alpha value is -2.37. The van der Waals surface area contributed by atoms with Crippen molar-refractivity contribution < 1.29 is 14.3 Å². The molecule has 0 saturated heterocycles. The molecule has 1 aromatic rings. The van der Waals surface area contributed by atoms with E-state index in [1.165, 1.54) is 0 Å². The highest BCUT2D eigenvalue weighted by molar-refractivity contribution is 6.38. The summed E-state index contributed by atoms with van der Waals surface area (Å²) in [4.78, 5) is 26.6. The molecule has 0 N–H and O–H groups in total. The lowest BCUT2D eigenvalue weighted by atomic mass is 10.1. The number of carbonyl (C=O) groups excluding carboxylic acids is 2. The van der Waals surface area contributed by atoms with Crippen LogP contribution in [0.25, 0.3) is 0 Å². The van der Waals surface area contributed by atoms with Crippen molar-refractivity contribution in [3.05, 3.63) is 30.3 Å². The molecule has 2 rings (SSSR count). The van der Waals surface area contributed by atoms with Crippen LogP contribution in [0.5, 0.6) is 0 Å². The first-order chi connectivity index (χ1) is 11.4. The molecular formula is C18H25N3O3. The van der Waals surface area contributed by atoms with Crippen molar-refractivity contribution in [1.82, 2.24) is 4.90 Å². The third-order valence-corrected chi connectivity index (χ3v) is 3.74. The van der Waals surface area contributed by atoms with Gasteiger partial charge in [-0.15, -0.1) is 0 Å². The van der Waals surface area contributed by atoms with Crippen LogP contribution in [0.15, 0.2) is 35.4 Å². The molecule has 0 spiro atoms. The van der Waals surface area contributed by atoms with Gasteiger partial charge in [0.15, 0.2) is 0 Å². The lowest BCUT2D eigenvalue weighted by molar-refractivity contribution is -0.135. The molecule has 130 valence electrons. The number of hydrazone groups is 1. The second-order valence-corrected chi connectivity index (χ2v) is 6.28. The zero-order valence-corrected chi connectivity index (χ0v) is 14.7. The van der Waals surface area contributed by atoms with Gasteiger partial charge in [0.25, 0.3) is 0 Å². The van der Waals surface area contributed by atoms with Gasteiger partial charge in [-0.2, -0.15) is 5.10 Å². The second-order valence-electron chi connectivity index (χ2n) is 6.28. The van der Waals surface area contributed by atoms with Crippen LogP contribution in [0.2, 0.25) is 0 Å². The van der Waals surface area contributed by atoms with E-state index in [0.29, 0.717) is 12.5 Å². The smallest absolute Gasteiger partial charge is 0.354 e. The molecule has 0 aliphatic carbocycles. The molecule has 1 aliphatic rings. The van der Waals surface area contributed by atoms with Crippen LogP contribution >= 0.6 is 0 Å². The predicted molar refractivity (Wildman–Crippen MR) is 93.9 cm³/mol. The summed E-state index contributed by atoms with van der Waals surface area (Å²) >= 11 is 0. The van der Waals surface area contributed by atoms with E-state index in [-0.39, 0.29) is 24.6 Å². The highest BCUT2D eigenvalue weighted by Crippen LogP contribution is 2.26. The number of para-hydroxylation sites is 1. The topological polar surface area (TPSA) is 62.2 Å². The van der Waals surface area contributed by atoms with Crippen molar-refractivity contribution in [3.63, 3.8) is 0 Å². The molecule has 1 unspecified atom stereocenters. The average molecular weight is 331 g/mol. The van der Waals surface area contributed by atoms with E-state index in [2.05, 4.69) is 18.9 Å².